The topological polar surface area (TPSA) is 17.1 Å². The van der Waals surface area contributed by atoms with Gasteiger partial charge in [-0.3, -0.25) is 4.79 Å². The molecule has 1 nitrogen and oxygen atoms in total. The molecule has 54 valence electrons. The standard InChI is InChI=1S/C10H8O/c1-7-2-3-8-6-9(11)4-5-10(7)8/h2-6H,1H3. The van der Waals surface area contributed by atoms with E-state index in [2.05, 4.69) is 0 Å². The predicted molar refractivity (Wildman–Crippen MR) is 44.1 cm³/mol. The largest absolute Gasteiger partial charge is 0.290 e. The molecule has 0 heterocycles. The van der Waals surface area contributed by atoms with Crippen LogP contribution < -0.4 is 0 Å². The van der Waals surface area contributed by atoms with Gasteiger partial charge in [0.1, 0.15) is 0 Å². The summed E-state index contributed by atoms with van der Waals surface area (Å²) in [6.45, 7) is 2.05. The molecule has 0 atom stereocenters. The van der Waals surface area contributed by atoms with E-state index in [0.717, 1.165) is 5.57 Å². The van der Waals surface area contributed by atoms with E-state index in [9.17, 15) is 4.79 Å². The fourth-order valence-electron chi connectivity index (χ4n) is 1.34. The number of hydrogen-bond acceptors (Lipinski definition) is 1. The average Bonchev–Trinajstić information content (AvgIpc) is 2.32. The predicted octanol–water partition coefficient (Wildman–Crippen LogP) is 1.94. The second-order valence-electron chi connectivity index (χ2n) is 2.77. The van der Waals surface area contributed by atoms with E-state index in [1.165, 1.54) is 11.1 Å². The Bertz CT molecular complexity index is 338. The number of rotatable bonds is 0. The second kappa shape index (κ2) is 2.06. The van der Waals surface area contributed by atoms with Gasteiger partial charge in [-0.2, -0.15) is 0 Å². The number of fused-ring (bicyclic) bond motifs is 1. The molecule has 2 aliphatic carbocycles. The van der Waals surface area contributed by atoms with Gasteiger partial charge in [-0.25, -0.2) is 0 Å². The SMILES string of the molecule is CC1=C2C=CC(=O)C=C2C=C1. The lowest BCUT2D eigenvalue weighted by Crippen LogP contribution is -1.96. The molecule has 0 spiro atoms. The van der Waals surface area contributed by atoms with Crippen LogP contribution in [0.4, 0.5) is 0 Å². The molecule has 0 fully saturated rings. The molecule has 0 aromatic heterocycles. The Labute approximate surface area is 65.4 Å². The van der Waals surface area contributed by atoms with Crippen LogP contribution in [0, 0.1) is 0 Å². The van der Waals surface area contributed by atoms with Gasteiger partial charge in [0.15, 0.2) is 5.78 Å². The highest BCUT2D eigenvalue weighted by Crippen LogP contribution is 2.27. The smallest absolute Gasteiger partial charge is 0.179 e. The van der Waals surface area contributed by atoms with Gasteiger partial charge >= 0.3 is 0 Å². The van der Waals surface area contributed by atoms with Crippen LogP contribution in [0.25, 0.3) is 0 Å². The molecule has 0 amide bonds. The highest BCUT2D eigenvalue weighted by Gasteiger charge is 2.12. The van der Waals surface area contributed by atoms with Crippen LogP contribution in [0.5, 0.6) is 0 Å². The van der Waals surface area contributed by atoms with E-state index in [0.29, 0.717) is 0 Å². The highest BCUT2D eigenvalue weighted by molar-refractivity contribution is 6.03. The molecule has 0 unspecified atom stereocenters. The summed E-state index contributed by atoms with van der Waals surface area (Å²) in [5, 5.41) is 0. The zero-order valence-corrected chi connectivity index (χ0v) is 6.29. The zero-order chi connectivity index (χ0) is 7.84. The third-order valence-corrected chi connectivity index (χ3v) is 1.96. The van der Waals surface area contributed by atoms with Crippen molar-refractivity contribution in [2.45, 2.75) is 6.92 Å². The summed E-state index contributed by atoms with van der Waals surface area (Å²) in [6, 6.07) is 0. The zero-order valence-electron chi connectivity index (χ0n) is 6.29. The lowest BCUT2D eigenvalue weighted by molar-refractivity contribution is -0.110. The van der Waals surface area contributed by atoms with Gasteiger partial charge < -0.3 is 0 Å². The van der Waals surface area contributed by atoms with Crippen LogP contribution in [0.2, 0.25) is 0 Å². The molecule has 11 heavy (non-hydrogen) atoms. The number of hydrogen-bond donors (Lipinski definition) is 0. The first-order valence-electron chi connectivity index (χ1n) is 3.60. The molecule has 0 bridgehead atoms. The van der Waals surface area contributed by atoms with Crippen molar-refractivity contribution in [2.24, 2.45) is 0 Å². The van der Waals surface area contributed by atoms with Gasteiger partial charge in [0.2, 0.25) is 0 Å². The molecule has 1 heteroatoms. The molecule has 0 aromatic rings. The summed E-state index contributed by atoms with van der Waals surface area (Å²) in [7, 11) is 0. The first-order chi connectivity index (χ1) is 5.27. The van der Waals surface area contributed by atoms with Crippen molar-refractivity contribution in [1.82, 2.24) is 0 Å². The maximum atomic E-state index is 10.9. The van der Waals surface area contributed by atoms with E-state index in [1.807, 2.05) is 25.2 Å². The third kappa shape index (κ3) is 0.891. The Morgan fingerprint density at radius 3 is 2.73 bits per heavy atom. The normalized spacial score (nSPS) is 20.8. The number of carbonyl (C=O) groups excluding carboxylic acids is 1. The monoisotopic (exact) mass is 144 g/mol. The van der Waals surface area contributed by atoms with E-state index >= 15 is 0 Å². The quantitative estimate of drug-likeness (QED) is 0.507. The maximum absolute atomic E-state index is 10.9. The fraction of sp³-hybridized carbons (Fsp3) is 0.100. The lowest BCUT2D eigenvalue weighted by atomic mass is 10.0. The highest BCUT2D eigenvalue weighted by atomic mass is 16.1. The van der Waals surface area contributed by atoms with E-state index < -0.39 is 0 Å². The van der Waals surface area contributed by atoms with Gasteiger partial charge in [-0.05, 0) is 35.8 Å². The summed E-state index contributed by atoms with van der Waals surface area (Å²) in [6.07, 6.45) is 9.17. The van der Waals surface area contributed by atoms with E-state index in [4.69, 9.17) is 0 Å². The summed E-state index contributed by atoms with van der Waals surface area (Å²) in [5.74, 6) is 0.0862. The molecule has 0 N–H and O–H groups in total. The van der Waals surface area contributed by atoms with Crippen LogP contribution >= 0.6 is 0 Å². The Morgan fingerprint density at radius 1 is 1.09 bits per heavy atom. The van der Waals surface area contributed by atoms with Gasteiger partial charge in [0, 0.05) is 0 Å². The molecular weight excluding hydrogens is 136 g/mol. The summed E-state index contributed by atoms with van der Waals surface area (Å²) in [4.78, 5) is 10.9. The van der Waals surface area contributed by atoms with Crippen LogP contribution in [0.15, 0.2) is 47.1 Å². The molecule has 0 saturated carbocycles. The van der Waals surface area contributed by atoms with Crippen molar-refractivity contribution >= 4 is 5.78 Å². The van der Waals surface area contributed by atoms with Crippen molar-refractivity contribution in [3.63, 3.8) is 0 Å². The molecule has 0 radical (unpaired) electrons. The van der Waals surface area contributed by atoms with Gasteiger partial charge in [-0.15, -0.1) is 0 Å². The fourth-order valence-corrected chi connectivity index (χ4v) is 1.34. The van der Waals surface area contributed by atoms with Gasteiger partial charge in [-0.1, -0.05) is 18.2 Å². The average molecular weight is 144 g/mol. The Kier molecular flexibility index (Phi) is 1.19. The summed E-state index contributed by atoms with van der Waals surface area (Å²) < 4.78 is 0. The molecule has 0 aromatic carbocycles. The number of carbonyl (C=O) groups is 1. The Balaban J connectivity index is 2.55. The van der Waals surface area contributed by atoms with E-state index in [-0.39, 0.29) is 5.78 Å². The molecule has 0 saturated heterocycles. The third-order valence-electron chi connectivity index (χ3n) is 1.96. The van der Waals surface area contributed by atoms with Crippen LogP contribution in [0.1, 0.15) is 6.92 Å². The number of allylic oxidation sites excluding steroid dienone is 8. The summed E-state index contributed by atoms with van der Waals surface area (Å²) in [5.41, 5.74) is 3.47. The minimum Gasteiger partial charge on any atom is -0.290 e. The van der Waals surface area contributed by atoms with Crippen LogP contribution in [-0.4, -0.2) is 5.78 Å². The van der Waals surface area contributed by atoms with E-state index in [1.54, 1.807) is 12.2 Å². The first-order valence-corrected chi connectivity index (χ1v) is 3.60. The van der Waals surface area contributed by atoms with Crippen molar-refractivity contribution in [1.29, 1.82) is 0 Å². The lowest BCUT2D eigenvalue weighted by Gasteiger charge is -2.03. The van der Waals surface area contributed by atoms with Crippen molar-refractivity contribution < 1.29 is 4.79 Å². The van der Waals surface area contributed by atoms with Crippen LogP contribution in [0.3, 0.4) is 0 Å². The molecular formula is C10H8O. The van der Waals surface area contributed by atoms with Crippen molar-refractivity contribution in [3.8, 4) is 0 Å². The molecule has 2 rings (SSSR count). The second-order valence-corrected chi connectivity index (χ2v) is 2.77. The Hall–Kier alpha value is -1.37. The van der Waals surface area contributed by atoms with Crippen molar-refractivity contribution in [3.05, 3.63) is 47.1 Å². The van der Waals surface area contributed by atoms with Crippen molar-refractivity contribution in [2.75, 3.05) is 0 Å². The maximum Gasteiger partial charge on any atom is 0.179 e. The van der Waals surface area contributed by atoms with Gasteiger partial charge in [0.05, 0.1) is 0 Å². The molecule has 0 aliphatic heterocycles. The number of ketones is 1. The minimum atomic E-state index is 0.0862. The first kappa shape index (κ1) is 6.35. The minimum absolute atomic E-state index is 0.0862. The van der Waals surface area contributed by atoms with Gasteiger partial charge in [0.25, 0.3) is 0 Å². The summed E-state index contributed by atoms with van der Waals surface area (Å²) >= 11 is 0. The van der Waals surface area contributed by atoms with Crippen LogP contribution in [-0.2, 0) is 4.79 Å². The Morgan fingerprint density at radius 2 is 1.91 bits per heavy atom. The molecule has 2 aliphatic rings.